The number of benzene rings is 1. The van der Waals surface area contributed by atoms with E-state index in [1.807, 2.05) is 0 Å². The first kappa shape index (κ1) is 14.1. The van der Waals surface area contributed by atoms with Crippen LogP contribution in [-0.2, 0) is 5.54 Å². The lowest BCUT2D eigenvalue weighted by Crippen LogP contribution is -2.54. The second kappa shape index (κ2) is 5.50. The average Bonchev–Trinajstić information content (AvgIpc) is 3.02. The maximum absolute atomic E-state index is 6.33. The van der Waals surface area contributed by atoms with Gasteiger partial charge in [-0.25, -0.2) is 0 Å². The molecule has 2 aliphatic carbocycles. The van der Waals surface area contributed by atoms with Crippen molar-refractivity contribution in [3.05, 3.63) is 35.4 Å². The topological polar surface area (TPSA) is 29.3 Å². The summed E-state index contributed by atoms with van der Waals surface area (Å²) in [4.78, 5) is 2.63. The van der Waals surface area contributed by atoms with Gasteiger partial charge >= 0.3 is 0 Å². The molecule has 2 N–H and O–H groups in total. The number of hydrogen-bond donors (Lipinski definition) is 1. The highest BCUT2D eigenvalue weighted by Gasteiger charge is 2.43. The van der Waals surface area contributed by atoms with E-state index in [0.29, 0.717) is 5.92 Å². The van der Waals surface area contributed by atoms with Gasteiger partial charge in [-0.15, -0.1) is 0 Å². The number of rotatable bonds is 3. The molecule has 1 fully saturated rings. The van der Waals surface area contributed by atoms with Gasteiger partial charge in [0.05, 0.1) is 5.54 Å². The molecule has 0 bridgehead atoms. The van der Waals surface area contributed by atoms with Crippen LogP contribution >= 0.6 is 0 Å². The van der Waals surface area contributed by atoms with Gasteiger partial charge in [0.15, 0.2) is 0 Å². The monoisotopic (exact) mass is 272 g/mol. The predicted molar refractivity (Wildman–Crippen MR) is 84.8 cm³/mol. The second-order valence-electron chi connectivity index (χ2n) is 6.81. The summed E-state index contributed by atoms with van der Waals surface area (Å²) in [6, 6.07) is 9.72. The third-order valence-corrected chi connectivity index (χ3v) is 5.87. The lowest BCUT2D eigenvalue weighted by Gasteiger charge is -2.49. The summed E-state index contributed by atoms with van der Waals surface area (Å²) in [5.74, 6) is 0.669. The number of nitrogens with two attached hydrogens (primary N) is 1. The van der Waals surface area contributed by atoms with E-state index < -0.39 is 0 Å². The van der Waals surface area contributed by atoms with Crippen molar-refractivity contribution in [3.63, 3.8) is 0 Å². The molecule has 0 saturated heterocycles. The highest BCUT2D eigenvalue weighted by molar-refractivity contribution is 5.39. The highest BCUT2D eigenvalue weighted by atomic mass is 15.2. The third kappa shape index (κ3) is 2.10. The van der Waals surface area contributed by atoms with E-state index in [2.05, 4.69) is 43.1 Å². The lowest BCUT2D eigenvalue weighted by atomic mass is 9.71. The first-order chi connectivity index (χ1) is 9.69. The van der Waals surface area contributed by atoms with Crippen LogP contribution in [0, 0.1) is 0 Å². The summed E-state index contributed by atoms with van der Waals surface area (Å²) in [6.07, 6.45) is 7.91. The average molecular weight is 272 g/mol. The summed E-state index contributed by atoms with van der Waals surface area (Å²) in [6.45, 7) is 3.10. The van der Waals surface area contributed by atoms with E-state index in [1.54, 1.807) is 0 Å². The van der Waals surface area contributed by atoms with Gasteiger partial charge in [0.1, 0.15) is 0 Å². The quantitative estimate of drug-likeness (QED) is 0.910. The molecule has 1 saturated carbocycles. The van der Waals surface area contributed by atoms with Crippen molar-refractivity contribution in [1.82, 2.24) is 4.90 Å². The Morgan fingerprint density at radius 1 is 1.20 bits per heavy atom. The molecule has 0 spiro atoms. The molecular weight excluding hydrogens is 244 g/mol. The predicted octanol–water partition coefficient (Wildman–Crippen LogP) is 3.61. The molecule has 1 aromatic carbocycles. The standard InChI is InChI=1S/C18H28N2/c1-14-11-12-18(13-19,17-10-6-5-9-16(14)17)20(2)15-7-3-4-8-15/h5-6,9-10,14-15H,3-4,7-8,11-13,19H2,1-2H3. The maximum Gasteiger partial charge on any atom is 0.0586 e. The Kier molecular flexibility index (Phi) is 3.87. The van der Waals surface area contributed by atoms with Crippen LogP contribution in [0.1, 0.15) is 62.5 Å². The minimum absolute atomic E-state index is 0.0676. The van der Waals surface area contributed by atoms with Crippen LogP contribution in [-0.4, -0.2) is 24.5 Å². The molecule has 2 heteroatoms. The van der Waals surface area contributed by atoms with Crippen LogP contribution in [0.3, 0.4) is 0 Å². The molecule has 0 radical (unpaired) electrons. The van der Waals surface area contributed by atoms with Crippen LogP contribution < -0.4 is 5.73 Å². The molecule has 110 valence electrons. The molecule has 3 rings (SSSR count). The maximum atomic E-state index is 6.33. The van der Waals surface area contributed by atoms with Gasteiger partial charge < -0.3 is 5.73 Å². The van der Waals surface area contributed by atoms with Gasteiger partial charge in [0.25, 0.3) is 0 Å². The van der Waals surface area contributed by atoms with E-state index in [4.69, 9.17) is 5.73 Å². The Labute approximate surface area is 123 Å². The Hall–Kier alpha value is -0.860. The van der Waals surface area contributed by atoms with Gasteiger partial charge in [-0.1, -0.05) is 44.0 Å². The minimum Gasteiger partial charge on any atom is -0.328 e. The Bertz CT molecular complexity index is 464. The minimum atomic E-state index is 0.0676. The largest absolute Gasteiger partial charge is 0.328 e. The summed E-state index contributed by atoms with van der Waals surface area (Å²) in [5.41, 5.74) is 9.41. The summed E-state index contributed by atoms with van der Waals surface area (Å²) < 4.78 is 0. The van der Waals surface area contributed by atoms with Crippen molar-refractivity contribution < 1.29 is 0 Å². The summed E-state index contributed by atoms with van der Waals surface area (Å²) in [5, 5.41) is 0. The first-order valence-electron chi connectivity index (χ1n) is 8.21. The van der Waals surface area contributed by atoms with E-state index in [1.165, 1.54) is 49.7 Å². The molecule has 0 heterocycles. The van der Waals surface area contributed by atoms with Crippen molar-refractivity contribution in [2.24, 2.45) is 5.73 Å². The lowest BCUT2D eigenvalue weighted by molar-refractivity contribution is 0.0575. The van der Waals surface area contributed by atoms with Gasteiger partial charge in [0, 0.05) is 12.6 Å². The zero-order chi connectivity index (χ0) is 14.2. The van der Waals surface area contributed by atoms with Crippen LogP contribution in [0.15, 0.2) is 24.3 Å². The van der Waals surface area contributed by atoms with Gasteiger partial charge in [-0.3, -0.25) is 4.90 Å². The zero-order valence-corrected chi connectivity index (χ0v) is 12.9. The fraction of sp³-hybridized carbons (Fsp3) is 0.667. The number of fused-ring (bicyclic) bond motifs is 1. The molecule has 1 aromatic rings. The summed E-state index contributed by atoms with van der Waals surface area (Å²) in [7, 11) is 2.32. The van der Waals surface area contributed by atoms with E-state index in [-0.39, 0.29) is 5.54 Å². The fourth-order valence-electron chi connectivity index (χ4n) is 4.46. The van der Waals surface area contributed by atoms with Gasteiger partial charge in [-0.2, -0.15) is 0 Å². The molecule has 0 amide bonds. The van der Waals surface area contributed by atoms with E-state index in [9.17, 15) is 0 Å². The van der Waals surface area contributed by atoms with Crippen molar-refractivity contribution >= 4 is 0 Å². The van der Waals surface area contributed by atoms with Crippen molar-refractivity contribution in [3.8, 4) is 0 Å². The molecule has 20 heavy (non-hydrogen) atoms. The van der Waals surface area contributed by atoms with Crippen LogP contribution in [0.5, 0.6) is 0 Å². The van der Waals surface area contributed by atoms with E-state index in [0.717, 1.165) is 12.6 Å². The van der Waals surface area contributed by atoms with Gasteiger partial charge in [0.2, 0.25) is 0 Å². The SMILES string of the molecule is CC1CCC(CN)(N(C)C2CCCC2)c2ccccc21. The third-order valence-electron chi connectivity index (χ3n) is 5.87. The normalized spacial score (nSPS) is 30.7. The molecule has 2 nitrogen and oxygen atoms in total. The number of nitrogens with zero attached hydrogens (tertiary/aromatic N) is 1. The van der Waals surface area contributed by atoms with Crippen molar-refractivity contribution in [1.29, 1.82) is 0 Å². The smallest absolute Gasteiger partial charge is 0.0586 e. The van der Waals surface area contributed by atoms with Crippen LogP contribution in [0.25, 0.3) is 0 Å². The zero-order valence-electron chi connectivity index (χ0n) is 12.9. The summed E-state index contributed by atoms with van der Waals surface area (Å²) >= 11 is 0. The van der Waals surface area contributed by atoms with Crippen molar-refractivity contribution in [2.75, 3.05) is 13.6 Å². The second-order valence-corrected chi connectivity index (χ2v) is 6.81. The molecule has 2 atom stereocenters. The van der Waals surface area contributed by atoms with Crippen LogP contribution in [0.4, 0.5) is 0 Å². The number of hydrogen-bond acceptors (Lipinski definition) is 2. The van der Waals surface area contributed by atoms with Crippen LogP contribution in [0.2, 0.25) is 0 Å². The number of likely N-dealkylation sites (N-methyl/N-ethyl adjacent to an activating group) is 1. The molecule has 0 aromatic heterocycles. The van der Waals surface area contributed by atoms with Crippen molar-refractivity contribution in [2.45, 2.75) is 62.9 Å². The first-order valence-corrected chi connectivity index (χ1v) is 8.21. The van der Waals surface area contributed by atoms with Gasteiger partial charge in [-0.05, 0) is 49.8 Å². The molecule has 0 aliphatic heterocycles. The highest BCUT2D eigenvalue weighted by Crippen LogP contribution is 2.45. The Balaban J connectivity index is 2.02. The molecule has 2 aliphatic rings. The van der Waals surface area contributed by atoms with E-state index >= 15 is 0 Å². The fourth-order valence-corrected chi connectivity index (χ4v) is 4.46. The Morgan fingerprint density at radius 2 is 1.90 bits per heavy atom. The molecular formula is C18H28N2. The Morgan fingerprint density at radius 3 is 2.60 bits per heavy atom. The molecule has 2 unspecified atom stereocenters.